The van der Waals surface area contributed by atoms with Crippen LogP contribution in [0.4, 0.5) is 5.69 Å². The molecule has 8 heteroatoms. The summed E-state index contributed by atoms with van der Waals surface area (Å²) in [5.41, 5.74) is 2.02. The van der Waals surface area contributed by atoms with Gasteiger partial charge in [-0.05, 0) is 29.8 Å². The van der Waals surface area contributed by atoms with Crippen molar-refractivity contribution in [3.8, 4) is 0 Å². The van der Waals surface area contributed by atoms with Crippen LogP contribution in [0.1, 0.15) is 5.56 Å². The van der Waals surface area contributed by atoms with E-state index in [1.807, 2.05) is 41.2 Å². The summed E-state index contributed by atoms with van der Waals surface area (Å²) >= 11 is 3.29. The smallest absolute Gasteiger partial charge is 0.240 e. The second-order valence-corrected chi connectivity index (χ2v) is 8.37. The molecule has 3 aromatic rings. The number of hydrogen-bond donors (Lipinski definition) is 2. The van der Waals surface area contributed by atoms with Gasteiger partial charge in [0.25, 0.3) is 0 Å². The number of nitrogens with zero attached hydrogens (tertiary/aromatic N) is 2. The molecule has 2 aromatic carbocycles. The highest BCUT2D eigenvalue weighted by atomic mass is 79.9. The van der Waals surface area contributed by atoms with E-state index in [4.69, 9.17) is 0 Å². The molecule has 6 nitrogen and oxygen atoms in total. The van der Waals surface area contributed by atoms with Crippen molar-refractivity contribution >= 4 is 31.6 Å². The highest BCUT2D eigenvalue weighted by Crippen LogP contribution is 2.14. The molecular formula is C18H19BrN4O2S. The Morgan fingerprint density at radius 2 is 1.73 bits per heavy atom. The number of benzene rings is 2. The summed E-state index contributed by atoms with van der Waals surface area (Å²) in [4.78, 5) is 0.247. The van der Waals surface area contributed by atoms with Gasteiger partial charge in [-0.3, -0.25) is 4.68 Å². The molecular weight excluding hydrogens is 416 g/mol. The Bertz CT molecular complexity index is 941. The molecule has 1 heterocycles. The monoisotopic (exact) mass is 434 g/mol. The topological polar surface area (TPSA) is 76.0 Å². The molecule has 0 amide bonds. The van der Waals surface area contributed by atoms with Crippen LogP contribution in [0.25, 0.3) is 0 Å². The van der Waals surface area contributed by atoms with Crippen LogP contribution in [0.5, 0.6) is 0 Å². The van der Waals surface area contributed by atoms with Crippen molar-refractivity contribution in [2.24, 2.45) is 0 Å². The summed E-state index contributed by atoms with van der Waals surface area (Å²) < 4.78 is 29.6. The van der Waals surface area contributed by atoms with E-state index in [9.17, 15) is 8.42 Å². The lowest BCUT2D eigenvalue weighted by atomic mass is 10.2. The van der Waals surface area contributed by atoms with Crippen LogP contribution in [-0.4, -0.2) is 31.3 Å². The quantitative estimate of drug-likeness (QED) is 0.534. The minimum absolute atomic E-state index is 0.247. The van der Waals surface area contributed by atoms with E-state index >= 15 is 0 Å². The van der Waals surface area contributed by atoms with Crippen LogP contribution in [-0.2, 0) is 16.6 Å². The first-order chi connectivity index (χ1) is 12.5. The van der Waals surface area contributed by atoms with E-state index in [0.29, 0.717) is 13.1 Å². The van der Waals surface area contributed by atoms with Crippen molar-refractivity contribution in [3.63, 3.8) is 0 Å². The molecule has 1 aromatic heterocycles. The molecule has 3 rings (SSSR count). The fraction of sp³-hybridized carbons (Fsp3) is 0.167. The molecule has 0 radical (unpaired) electrons. The molecule has 26 heavy (non-hydrogen) atoms. The van der Waals surface area contributed by atoms with Gasteiger partial charge < -0.3 is 5.32 Å². The van der Waals surface area contributed by atoms with Gasteiger partial charge in [-0.15, -0.1) is 0 Å². The van der Waals surface area contributed by atoms with Crippen LogP contribution in [0.15, 0.2) is 76.4 Å². The maximum absolute atomic E-state index is 12.2. The predicted molar refractivity (Wildman–Crippen MR) is 106 cm³/mol. The molecule has 0 aliphatic rings. The summed E-state index contributed by atoms with van der Waals surface area (Å²) in [6, 6.07) is 16.6. The zero-order valence-corrected chi connectivity index (χ0v) is 16.4. The standard InChI is InChI=1S/C18H19BrN4O2S/c19-16-6-8-18(9-7-16)26(24,25)22-11-10-20-17-12-21-23(14-17)13-15-4-2-1-3-5-15/h1-9,12,14,20,22H,10-11,13H2. The fourth-order valence-electron chi connectivity index (χ4n) is 2.40. The molecule has 0 bridgehead atoms. The van der Waals surface area contributed by atoms with Gasteiger partial charge in [0.2, 0.25) is 10.0 Å². The van der Waals surface area contributed by atoms with Gasteiger partial charge in [0.15, 0.2) is 0 Å². The first-order valence-electron chi connectivity index (χ1n) is 8.08. The first-order valence-corrected chi connectivity index (χ1v) is 10.4. The summed E-state index contributed by atoms with van der Waals surface area (Å²) in [6.45, 7) is 1.44. The first kappa shape index (κ1) is 18.6. The van der Waals surface area contributed by atoms with Crippen molar-refractivity contribution in [3.05, 3.63) is 77.0 Å². The number of sulfonamides is 1. The average Bonchev–Trinajstić information content (AvgIpc) is 3.07. The normalized spacial score (nSPS) is 11.4. The largest absolute Gasteiger partial charge is 0.381 e. The summed E-state index contributed by atoms with van der Waals surface area (Å²) in [6.07, 6.45) is 3.63. The van der Waals surface area contributed by atoms with Gasteiger partial charge in [0.1, 0.15) is 0 Å². The van der Waals surface area contributed by atoms with E-state index in [2.05, 4.69) is 31.1 Å². The van der Waals surface area contributed by atoms with Crippen LogP contribution < -0.4 is 10.0 Å². The van der Waals surface area contributed by atoms with E-state index in [-0.39, 0.29) is 11.4 Å². The Balaban J connectivity index is 1.47. The molecule has 2 N–H and O–H groups in total. The Morgan fingerprint density at radius 1 is 1.00 bits per heavy atom. The van der Waals surface area contributed by atoms with Crippen LogP contribution in [0.2, 0.25) is 0 Å². The molecule has 0 saturated carbocycles. The highest BCUT2D eigenvalue weighted by molar-refractivity contribution is 9.10. The van der Waals surface area contributed by atoms with Crippen molar-refractivity contribution < 1.29 is 8.42 Å². The summed E-state index contributed by atoms with van der Waals surface area (Å²) in [7, 11) is -3.50. The third-order valence-electron chi connectivity index (χ3n) is 3.69. The highest BCUT2D eigenvalue weighted by Gasteiger charge is 2.12. The summed E-state index contributed by atoms with van der Waals surface area (Å²) in [5.74, 6) is 0. The molecule has 0 fully saturated rings. The third kappa shape index (κ3) is 5.17. The van der Waals surface area contributed by atoms with E-state index in [0.717, 1.165) is 10.2 Å². The summed E-state index contributed by atoms with van der Waals surface area (Å²) in [5, 5.41) is 7.47. The van der Waals surface area contributed by atoms with E-state index in [1.165, 1.54) is 5.56 Å². The fourth-order valence-corrected chi connectivity index (χ4v) is 3.70. The average molecular weight is 435 g/mol. The van der Waals surface area contributed by atoms with Gasteiger partial charge in [-0.2, -0.15) is 5.10 Å². The number of anilines is 1. The second-order valence-electron chi connectivity index (χ2n) is 5.69. The molecule has 0 aliphatic heterocycles. The maximum atomic E-state index is 12.2. The van der Waals surface area contributed by atoms with Gasteiger partial charge in [-0.1, -0.05) is 46.3 Å². The van der Waals surface area contributed by atoms with E-state index < -0.39 is 10.0 Å². The number of aromatic nitrogens is 2. The Kier molecular flexibility index (Phi) is 6.08. The lowest BCUT2D eigenvalue weighted by Gasteiger charge is -2.07. The minimum atomic E-state index is -3.50. The van der Waals surface area contributed by atoms with Crippen molar-refractivity contribution in [2.45, 2.75) is 11.4 Å². The van der Waals surface area contributed by atoms with Crippen molar-refractivity contribution in [1.82, 2.24) is 14.5 Å². The van der Waals surface area contributed by atoms with Crippen LogP contribution >= 0.6 is 15.9 Å². The molecule has 0 aliphatic carbocycles. The van der Waals surface area contributed by atoms with Crippen LogP contribution in [0.3, 0.4) is 0 Å². The molecule has 0 spiro atoms. The third-order valence-corrected chi connectivity index (χ3v) is 5.70. The van der Waals surface area contributed by atoms with Gasteiger partial charge in [0, 0.05) is 23.8 Å². The maximum Gasteiger partial charge on any atom is 0.240 e. The Morgan fingerprint density at radius 3 is 2.46 bits per heavy atom. The number of halogens is 1. The Hall–Kier alpha value is -2.16. The lowest BCUT2D eigenvalue weighted by Crippen LogP contribution is -2.28. The zero-order valence-electron chi connectivity index (χ0n) is 14.0. The minimum Gasteiger partial charge on any atom is -0.381 e. The van der Waals surface area contributed by atoms with Crippen molar-refractivity contribution in [1.29, 1.82) is 0 Å². The SMILES string of the molecule is O=S(=O)(NCCNc1cnn(Cc2ccccc2)c1)c1ccc(Br)cc1. The number of nitrogens with one attached hydrogen (secondary N) is 2. The van der Waals surface area contributed by atoms with Crippen LogP contribution in [0, 0.1) is 0 Å². The molecule has 0 saturated heterocycles. The van der Waals surface area contributed by atoms with Gasteiger partial charge in [0.05, 0.1) is 23.3 Å². The Labute approximate surface area is 161 Å². The van der Waals surface area contributed by atoms with Crippen molar-refractivity contribution in [2.75, 3.05) is 18.4 Å². The van der Waals surface area contributed by atoms with Gasteiger partial charge >= 0.3 is 0 Å². The molecule has 136 valence electrons. The zero-order chi connectivity index (χ0) is 18.4. The van der Waals surface area contributed by atoms with Gasteiger partial charge in [-0.25, -0.2) is 13.1 Å². The number of hydrogen-bond acceptors (Lipinski definition) is 4. The second kappa shape index (κ2) is 8.48. The molecule has 0 atom stereocenters. The molecule has 0 unspecified atom stereocenters. The predicted octanol–water partition coefficient (Wildman–Crippen LogP) is 3.08. The number of rotatable bonds is 8. The van der Waals surface area contributed by atoms with E-state index in [1.54, 1.807) is 30.5 Å². The lowest BCUT2D eigenvalue weighted by molar-refractivity contribution is 0.583.